The van der Waals surface area contributed by atoms with Crippen molar-refractivity contribution < 1.29 is 4.79 Å². The predicted octanol–water partition coefficient (Wildman–Crippen LogP) is 4.88. The van der Waals surface area contributed by atoms with Gasteiger partial charge in [-0.1, -0.05) is 30.3 Å². The van der Waals surface area contributed by atoms with Gasteiger partial charge >= 0.3 is 0 Å². The zero-order valence-corrected chi connectivity index (χ0v) is 15.5. The molecule has 3 aliphatic carbocycles. The number of amides is 1. The van der Waals surface area contributed by atoms with Gasteiger partial charge in [0.25, 0.3) is 5.91 Å². The van der Waals surface area contributed by atoms with Crippen LogP contribution in [0, 0.1) is 17.8 Å². The summed E-state index contributed by atoms with van der Waals surface area (Å²) in [5.74, 6) is 2.95. The number of anilines is 1. The summed E-state index contributed by atoms with van der Waals surface area (Å²) in [6.07, 6.45) is 6.34. The maximum atomic E-state index is 12.6. The van der Waals surface area contributed by atoms with E-state index in [1.165, 1.54) is 36.1 Å². The molecule has 0 saturated heterocycles. The molecule has 27 heavy (non-hydrogen) atoms. The van der Waals surface area contributed by atoms with E-state index in [2.05, 4.69) is 53.1 Å². The van der Waals surface area contributed by atoms with Crippen LogP contribution in [0.5, 0.6) is 0 Å². The van der Waals surface area contributed by atoms with E-state index in [0.717, 1.165) is 30.2 Å². The van der Waals surface area contributed by atoms with E-state index in [0.29, 0.717) is 23.9 Å². The minimum atomic E-state index is 0.102. The average molecular weight is 358 g/mol. The largest absolute Gasteiger partial charge is 0.378 e. The SMILES string of the molecule is O=C(NC1CC1)c1ccc2c(c1)[C@@H]1[C@H]3CC[C@@H](C3)[C@H]1[C@H](c1ccccc1)N2. The molecule has 6 rings (SSSR count). The third kappa shape index (κ3) is 2.51. The normalized spacial score (nSPS) is 33.1. The predicted molar refractivity (Wildman–Crippen MR) is 107 cm³/mol. The lowest BCUT2D eigenvalue weighted by Gasteiger charge is -2.43. The van der Waals surface area contributed by atoms with Crippen molar-refractivity contribution in [2.45, 2.75) is 50.1 Å². The highest BCUT2D eigenvalue weighted by Crippen LogP contribution is 2.63. The number of benzene rings is 2. The first-order valence-corrected chi connectivity index (χ1v) is 10.5. The quantitative estimate of drug-likeness (QED) is 0.821. The molecule has 0 spiro atoms. The van der Waals surface area contributed by atoms with Gasteiger partial charge in [-0.25, -0.2) is 0 Å². The molecule has 3 nitrogen and oxygen atoms in total. The highest BCUT2D eigenvalue weighted by molar-refractivity contribution is 5.95. The van der Waals surface area contributed by atoms with Crippen LogP contribution in [0.3, 0.4) is 0 Å². The fraction of sp³-hybridized carbons (Fsp3) is 0.458. The lowest BCUT2D eigenvalue weighted by Crippen LogP contribution is -2.35. The number of hydrogen-bond acceptors (Lipinski definition) is 2. The molecule has 3 saturated carbocycles. The lowest BCUT2D eigenvalue weighted by molar-refractivity contribution is 0.0951. The molecule has 2 N–H and O–H groups in total. The van der Waals surface area contributed by atoms with Gasteiger partial charge in [-0.2, -0.15) is 0 Å². The number of rotatable bonds is 3. The second kappa shape index (κ2) is 5.85. The van der Waals surface area contributed by atoms with Crippen molar-refractivity contribution >= 4 is 11.6 Å². The zero-order valence-electron chi connectivity index (χ0n) is 15.5. The Labute approximate surface area is 160 Å². The molecule has 2 bridgehead atoms. The van der Waals surface area contributed by atoms with Gasteiger partial charge in [-0.05, 0) is 85.1 Å². The minimum absolute atomic E-state index is 0.102. The molecule has 1 amide bonds. The average Bonchev–Trinajstić information content (AvgIpc) is 3.28. The first-order chi connectivity index (χ1) is 13.3. The number of carbonyl (C=O) groups excluding carboxylic acids is 1. The summed E-state index contributed by atoms with van der Waals surface area (Å²) >= 11 is 0. The second-order valence-corrected chi connectivity index (χ2v) is 9.02. The third-order valence-corrected chi connectivity index (χ3v) is 7.42. The van der Waals surface area contributed by atoms with Crippen molar-refractivity contribution in [3.63, 3.8) is 0 Å². The van der Waals surface area contributed by atoms with Crippen molar-refractivity contribution in [1.29, 1.82) is 0 Å². The van der Waals surface area contributed by atoms with E-state index in [9.17, 15) is 4.79 Å². The van der Waals surface area contributed by atoms with Crippen LogP contribution in [0.1, 0.15) is 65.5 Å². The molecular weight excluding hydrogens is 332 g/mol. The van der Waals surface area contributed by atoms with Gasteiger partial charge < -0.3 is 10.6 Å². The summed E-state index contributed by atoms with van der Waals surface area (Å²) in [5, 5.41) is 7.00. The molecule has 0 unspecified atom stereocenters. The molecule has 0 radical (unpaired) electrons. The Morgan fingerprint density at radius 1 is 0.963 bits per heavy atom. The highest BCUT2D eigenvalue weighted by atomic mass is 16.1. The molecule has 138 valence electrons. The van der Waals surface area contributed by atoms with E-state index in [-0.39, 0.29) is 5.91 Å². The van der Waals surface area contributed by atoms with Crippen molar-refractivity contribution in [3.05, 3.63) is 65.2 Å². The Kier molecular flexibility index (Phi) is 3.41. The summed E-state index contributed by atoms with van der Waals surface area (Å²) in [5.41, 5.74) is 4.87. The molecule has 0 aromatic heterocycles. The van der Waals surface area contributed by atoms with Crippen LogP contribution in [0.25, 0.3) is 0 Å². The molecule has 1 aliphatic heterocycles. The van der Waals surface area contributed by atoms with Crippen LogP contribution in [-0.4, -0.2) is 11.9 Å². The van der Waals surface area contributed by atoms with Crippen LogP contribution in [-0.2, 0) is 0 Å². The number of carbonyl (C=O) groups is 1. The van der Waals surface area contributed by atoms with E-state index in [1.54, 1.807) is 0 Å². The van der Waals surface area contributed by atoms with E-state index in [1.807, 2.05) is 6.07 Å². The summed E-state index contributed by atoms with van der Waals surface area (Å²) < 4.78 is 0. The topological polar surface area (TPSA) is 41.1 Å². The first-order valence-electron chi connectivity index (χ1n) is 10.5. The first kappa shape index (κ1) is 15.7. The Bertz CT molecular complexity index is 889. The summed E-state index contributed by atoms with van der Waals surface area (Å²) in [7, 11) is 0. The molecule has 3 heteroatoms. The van der Waals surface area contributed by atoms with E-state index in [4.69, 9.17) is 0 Å². The highest BCUT2D eigenvalue weighted by Gasteiger charge is 2.53. The molecule has 4 aliphatic rings. The zero-order chi connectivity index (χ0) is 18.0. The maximum absolute atomic E-state index is 12.6. The van der Waals surface area contributed by atoms with Crippen LogP contribution in [0.15, 0.2) is 48.5 Å². The van der Waals surface area contributed by atoms with Gasteiger partial charge in [-0.15, -0.1) is 0 Å². The second-order valence-electron chi connectivity index (χ2n) is 9.02. The lowest BCUT2D eigenvalue weighted by atomic mass is 9.68. The Balaban J connectivity index is 1.40. The Morgan fingerprint density at radius 3 is 2.59 bits per heavy atom. The standard InChI is InChI=1S/C24H26N2O/c27-24(25-18-9-10-18)17-8-11-20-19(13-17)21-15-6-7-16(12-15)22(21)23(26-20)14-4-2-1-3-5-14/h1-5,8,11,13,15-16,18,21-23,26H,6-7,9-10,12H2,(H,25,27)/t15-,16-,21-,22+,23-/m0/s1. The van der Waals surface area contributed by atoms with Crippen LogP contribution < -0.4 is 10.6 Å². The smallest absolute Gasteiger partial charge is 0.251 e. The molecule has 2 aromatic carbocycles. The van der Waals surface area contributed by atoms with Gasteiger partial charge in [0, 0.05) is 17.3 Å². The van der Waals surface area contributed by atoms with Gasteiger partial charge in [0.2, 0.25) is 0 Å². The molecule has 1 heterocycles. The van der Waals surface area contributed by atoms with Crippen molar-refractivity contribution in [2.75, 3.05) is 5.32 Å². The number of nitrogens with one attached hydrogen (secondary N) is 2. The summed E-state index contributed by atoms with van der Waals surface area (Å²) in [4.78, 5) is 12.6. The summed E-state index contributed by atoms with van der Waals surface area (Å²) in [6, 6.07) is 18.1. The van der Waals surface area contributed by atoms with Crippen LogP contribution in [0.4, 0.5) is 5.69 Å². The molecule has 2 aromatic rings. The Hall–Kier alpha value is -2.29. The fourth-order valence-corrected chi connectivity index (χ4v) is 6.11. The van der Waals surface area contributed by atoms with Crippen LogP contribution in [0.2, 0.25) is 0 Å². The third-order valence-electron chi connectivity index (χ3n) is 7.42. The van der Waals surface area contributed by atoms with E-state index < -0.39 is 0 Å². The number of fused-ring (bicyclic) bond motifs is 7. The fourth-order valence-electron chi connectivity index (χ4n) is 6.11. The minimum Gasteiger partial charge on any atom is -0.378 e. The van der Waals surface area contributed by atoms with Crippen molar-refractivity contribution in [1.82, 2.24) is 5.32 Å². The van der Waals surface area contributed by atoms with E-state index >= 15 is 0 Å². The maximum Gasteiger partial charge on any atom is 0.251 e. The molecule has 5 atom stereocenters. The van der Waals surface area contributed by atoms with Crippen LogP contribution >= 0.6 is 0 Å². The van der Waals surface area contributed by atoms with Gasteiger partial charge in [0.15, 0.2) is 0 Å². The monoisotopic (exact) mass is 358 g/mol. The van der Waals surface area contributed by atoms with Gasteiger partial charge in [0.05, 0.1) is 6.04 Å². The van der Waals surface area contributed by atoms with Crippen molar-refractivity contribution in [3.8, 4) is 0 Å². The summed E-state index contributed by atoms with van der Waals surface area (Å²) in [6.45, 7) is 0. The van der Waals surface area contributed by atoms with Crippen molar-refractivity contribution in [2.24, 2.45) is 17.8 Å². The molecular formula is C24H26N2O. The Morgan fingerprint density at radius 2 is 1.78 bits per heavy atom. The molecule has 3 fully saturated rings. The number of hydrogen-bond donors (Lipinski definition) is 2. The van der Waals surface area contributed by atoms with Gasteiger partial charge in [0.1, 0.15) is 0 Å². The van der Waals surface area contributed by atoms with Gasteiger partial charge in [-0.3, -0.25) is 4.79 Å².